The standard InChI is InChI=1S/C8H14O4/c1-4-8(2)11-5-6(12-8)7(9)10-3/h6H,4-5H2,1-3H3. The third kappa shape index (κ3) is 1.76. The molecule has 4 heteroatoms. The van der Waals surface area contributed by atoms with Crippen LogP contribution in [0.4, 0.5) is 0 Å². The van der Waals surface area contributed by atoms with E-state index >= 15 is 0 Å². The third-order valence-corrected chi connectivity index (χ3v) is 2.04. The van der Waals surface area contributed by atoms with E-state index in [-0.39, 0.29) is 12.6 Å². The summed E-state index contributed by atoms with van der Waals surface area (Å²) in [5.74, 6) is -0.981. The fourth-order valence-corrected chi connectivity index (χ4v) is 1.05. The third-order valence-electron chi connectivity index (χ3n) is 2.04. The smallest absolute Gasteiger partial charge is 0.337 e. The number of methoxy groups -OCH3 is 1. The van der Waals surface area contributed by atoms with Gasteiger partial charge in [0.1, 0.15) is 0 Å². The predicted octanol–water partition coefficient (Wildman–Crippen LogP) is 0.701. The SMILES string of the molecule is CCC1(C)OCC(C(=O)OC)O1. The minimum absolute atomic E-state index is 0.289. The van der Waals surface area contributed by atoms with E-state index in [1.54, 1.807) is 0 Å². The number of carbonyl (C=O) groups is 1. The molecule has 70 valence electrons. The second kappa shape index (κ2) is 3.41. The summed E-state index contributed by atoms with van der Waals surface area (Å²) >= 11 is 0. The summed E-state index contributed by atoms with van der Waals surface area (Å²) in [6.07, 6.45) is 0.167. The Bertz CT molecular complexity index is 180. The van der Waals surface area contributed by atoms with Crippen LogP contribution in [0.1, 0.15) is 20.3 Å². The fourth-order valence-electron chi connectivity index (χ4n) is 1.05. The van der Waals surface area contributed by atoms with Crippen molar-refractivity contribution in [3.05, 3.63) is 0 Å². The highest BCUT2D eigenvalue weighted by molar-refractivity contribution is 5.74. The van der Waals surface area contributed by atoms with Crippen molar-refractivity contribution in [2.24, 2.45) is 0 Å². The highest BCUT2D eigenvalue weighted by Gasteiger charge is 2.39. The molecule has 1 fully saturated rings. The van der Waals surface area contributed by atoms with Gasteiger partial charge in [-0.05, 0) is 13.3 Å². The van der Waals surface area contributed by atoms with Crippen LogP contribution in [0, 0.1) is 0 Å². The molecule has 0 aromatic carbocycles. The van der Waals surface area contributed by atoms with Gasteiger partial charge in [0, 0.05) is 0 Å². The quantitative estimate of drug-likeness (QED) is 0.578. The molecule has 2 atom stereocenters. The Kier molecular flexibility index (Phi) is 2.69. The molecule has 4 nitrogen and oxygen atoms in total. The van der Waals surface area contributed by atoms with E-state index in [1.165, 1.54) is 7.11 Å². The number of esters is 1. The van der Waals surface area contributed by atoms with Crippen LogP contribution in [0.15, 0.2) is 0 Å². The lowest BCUT2D eigenvalue weighted by atomic mass is 10.2. The van der Waals surface area contributed by atoms with Crippen molar-refractivity contribution in [2.75, 3.05) is 13.7 Å². The van der Waals surface area contributed by atoms with Gasteiger partial charge in [0.2, 0.25) is 0 Å². The minimum Gasteiger partial charge on any atom is -0.467 e. The molecular formula is C8H14O4. The van der Waals surface area contributed by atoms with Crippen molar-refractivity contribution in [1.29, 1.82) is 0 Å². The van der Waals surface area contributed by atoms with E-state index in [0.29, 0.717) is 0 Å². The monoisotopic (exact) mass is 174 g/mol. The van der Waals surface area contributed by atoms with Crippen molar-refractivity contribution < 1.29 is 19.0 Å². The second-order valence-corrected chi connectivity index (χ2v) is 2.93. The molecule has 1 aliphatic heterocycles. The zero-order chi connectivity index (χ0) is 9.19. The van der Waals surface area contributed by atoms with Gasteiger partial charge in [-0.15, -0.1) is 0 Å². The fraction of sp³-hybridized carbons (Fsp3) is 0.875. The summed E-state index contributed by atoms with van der Waals surface area (Å²) in [4.78, 5) is 11.0. The summed E-state index contributed by atoms with van der Waals surface area (Å²) in [6.45, 7) is 4.05. The first-order valence-corrected chi connectivity index (χ1v) is 4.01. The second-order valence-electron chi connectivity index (χ2n) is 2.93. The molecule has 0 saturated carbocycles. The topological polar surface area (TPSA) is 44.8 Å². The van der Waals surface area contributed by atoms with Crippen LogP contribution in [0.25, 0.3) is 0 Å². The van der Waals surface area contributed by atoms with Crippen molar-refractivity contribution in [1.82, 2.24) is 0 Å². The first-order chi connectivity index (χ1) is 5.61. The van der Waals surface area contributed by atoms with Crippen LogP contribution in [0.5, 0.6) is 0 Å². The Morgan fingerprint density at radius 1 is 1.75 bits per heavy atom. The molecule has 0 spiro atoms. The van der Waals surface area contributed by atoms with Crippen LogP contribution in [-0.2, 0) is 19.0 Å². The summed E-state index contributed by atoms with van der Waals surface area (Å²) in [7, 11) is 1.34. The van der Waals surface area contributed by atoms with Gasteiger partial charge < -0.3 is 14.2 Å². The maximum absolute atomic E-state index is 11.0. The normalized spacial score (nSPS) is 35.1. The first kappa shape index (κ1) is 9.48. The number of hydrogen-bond donors (Lipinski definition) is 0. The van der Waals surface area contributed by atoms with E-state index in [4.69, 9.17) is 9.47 Å². The molecule has 0 aromatic heterocycles. The van der Waals surface area contributed by atoms with Gasteiger partial charge in [-0.1, -0.05) is 6.92 Å². The van der Waals surface area contributed by atoms with Crippen LogP contribution in [-0.4, -0.2) is 31.6 Å². The largest absolute Gasteiger partial charge is 0.467 e. The first-order valence-electron chi connectivity index (χ1n) is 4.01. The van der Waals surface area contributed by atoms with Crippen LogP contribution in [0.2, 0.25) is 0 Å². The van der Waals surface area contributed by atoms with Crippen LogP contribution in [0.3, 0.4) is 0 Å². The van der Waals surface area contributed by atoms with Gasteiger partial charge in [0.15, 0.2) is 11.9 Å². The molecule has 0 radical (unpaired) electrons. The average Bonchev–Trinajstić information content (AvgIpc) is 2.48. The van der Waals surface area contributed by atoms with Gasteiger partial charge in [-0.3, -0.25) is 0 Å². The molecule has 1 aliphatic rings. The molecule has 2 unspecified atom stereocenters. The summed E-state index contributed by atoms with van der Waals surface area (Å²) in [5.41, 5.74) is 0. The maximum atomic E-state index is 11.0. The van der Waals surface area contributed by atoms with Crippen LogP contribution < -0.4 is 0 Å². The Labute approximate surface area is 71.8 Å². The molecule has 0 N–H and O–H groups in total. The Balaban J connectivity index is 2.50. The Hall–Kier alpha value is -0.610. The van der Waals surface area contributed by atoms with E-state index < -0.39 is 11.9 Å². The molecule has 0 aliphatic carbocycles. The van der Waals surface area contributed by atoms with Crippen molar-refractivity contribution in [3.63, 3.8) is 0 Å². The van der Waals surface area contributed by atoms with E-state index in [9.17, 15) is 4.79 Å². The zero-order valence-corrected chi connectivity index (χ0v) is 7.62. The van der Waals surface area contributed by atoms with Crippen molar-refractivity contribution in [2.45, 2.75) is 32.2 Å². The zero-order valence-electron chi connectivity index (χ0n) is 7.62. The number of carbonyl (C=O) groups excluding carboxylic acids is 1. The number of rotatable bonds is 2. The van der Waals surface area contributed by atoms with Gasteiger partial charge in [-0.25, -0.2) is 4.79 Å². The Morgan fingerprint density at radius 3 is 2.83 bits per heavy atom. The van der Waals surface area contributed by atoms with Gasteiger partial charge in [0.05, 0.1) is 13.7 Å². The molecule has 0 amide bonds. The van der Waals surface area contributed by atoms with Gasteiger partial charge >= 0.3 is 5.97 Å². The maximum Gasteiger partial charge on any atom is 0.337 e. The molecule has 12 heavy (non-hydrogen) atoms. The van der Waals surface area contributed by atoms with E-state index in [1.807, 2.05) is 13.8 Å². The highest BCUT2D eigenvalue weighted by Crippen LogP contribution is 2.26. The molecule has 0 aromatic rings. The van der Waals surface area contributed by atoms with Crippen LogP contribution >= 0.6 is 0 Å². The molecule has 1 rings (SSSR count). The van der Waals surface area contributed by atoms with E-state index in [2.05, 4.69) is 4.74 Å². The molecule has 0 bridgehead atoms. The van der Waals surface area contributed by atoms with E-state index in [0.717, 1.165) is 6.42 Å². The van der Waals surface area contributed by atoms with Gasteiger partial charge in [0.25, 0.3) is 0 Å². The highest BCUT2D eigenvalue weighted by atomic mass is 16.8. The summed E-state index contributed by atoms with van der Waals surface area (Å²) < 4.78 is 15.2. The lowest BCUT2D eigenvalue weighted by Gasteiger charge is -2.20. The molecule has 1 heterocycles. The molecule has 1 saturated heterocycles. The van der Waals surface area contributed by atoms with Crippen molar-refractivity contribution >= 4 is 5.97 Å². The summed E-state index contributed by atoms with van der Waals surface area (Å²) in [6, 6.07) is 0. The number of ether oxygens (including phenoxy) is 3. The Morgan fingerprint density at radius 2 is 2.42 bits per heavy atom. The van der Waals surface area contributed by atoms with Gasteiger partial charge in [-0.2, -0.15) is 0 Å². The lowest BCUT2D eigenvalue weighted by Crippen LogP contribution is -2.29. The van der Waals surface area contributed by atoms with Crippen molar-refractivity contribution in [3.8, 4) is 0 Å². The summed E-state index contributed by atoms with van der Waals surface area (Å²) in [5, 5.41) is 0. The number of hydrogen-bond acceptors (Lipinski definition) is 4. The predicted molar refractivity (Wildman–Crippen MR) is 41.5 cm³/mol. The average molecular weight is 174 g/mol. The minimum atomic E-state index is -0.612. The lowest BCUT2D eigenvalue weighted by molar-refractivity contribution is -0.174. The molecular weight excluding hydrogens is 160 g/mol.